The fourth-order valence-corrected chi connectivity index (χ4v) is 1.73. The molecule has 0 aliphatic carbocycles. The number of carbonyl (C=O) groups is 1. The number of hydrogen-bond acceptors (Lipinski definition) is 3. The Morgan fingerprint density at radius 1 is 1.35 bits per heavy atom. The third kappa shape index (κ3) is 6.61. The number of aryl methyl sites for hydroxylation is 1. The second kappa shape index (κ2) is 9.42. The van der Waals surface area contributed by atoms with E-state index in [1.807, 2.05) is 26.0 Å². The molecule has 0 aliphatic rings. The number of furan rings is 1. The molecule has 0 aliphatic heterocycles. The van der Waals surface area contributed by atoms with E-state index >= 15 is 0 Å². The number of unbranched alkanes of at least 4 members (excludes halogenated alkanes) is 1. The smallest absolute Gasteiger partial charge is 0.315 e. The van der Waals surface area contributed by atoms with Gasteiger partial charge in [-0.2, -0.15) is 0 Å². The van der Waals surface area contributed by atoms with Crippen LogP contribution in [0.15, 0.2) is 16.5 Å². The van der Waals surface area contributed by atoms with Crippen LogP contribution in [0, 0.1) is 6.92 Å². The Morgan fingerprint density at radius 2 is 2.10 bits per heavy atom. The summed E-state index contributed by atoms with van der Waals surface area (Å²) in [5.74, 6) is 1.61. The molecule has 1 unspecified atom stereocenters. The molecular weight excluding hydrogens is 256 g/mol. The first-order chi connectivity index (χ1) is 9.63. The topological polar surface area (TPSA) is 63.5 Å². The van der Waals surface area contributed by atoms with Crippen LogP contribution < -0.4 is 10.6 Å². The molecule has 0 radical (unpaired) electrons. The first-order valence-electron chi connectivity index (χ1n) is 7.32. The number of urea groups is 1. The number of carbonyl (C=O) groups excluding carboxylic acids is 1. The van der Waals surface area contributed by atoms with Crippen molar-refractivity contribution in [1.29, 1.82) is 0 Å². The summed E-state index contributed by atoms with van der Waals surface area (Å²) in [5, 5.41) is 5.65. The quantitative estimate of drug-likeness (QED) is 0.684. The van der Waals surface area contributed by atoms with Crippen LogP contribution in [0.4, 0.5) is 4.79 Å². The standard InChI is InChI=1S/C15H26N2O3/c1-4-5-10-19-11-6-9-16-15(18)17-13(3)14-8-7-12(2)20-14/h7-8,13H,4-6,9-11H2,1-3H3,(H2,16,17,18). The van der Waals surface area contributed by atoms with Gasteiger partial charge in [0.05, 0.1) is 6.04 Å². The fourth-order valence-electron chi connectivity index (χ4n) is 1.73. The van der Waals surface area contributed by atoms with Crippen molar-refractivity contribution in [3.05, 3.63) is 23.7 Å². The highest BCUT2D eigenvalue weighted by atomic mass is 16.5. The Balaban J connectivity index is 2.08. The molecule has 2 N–H and O–H groups in total. The van der Waals surface area contributed by atoms with Gasteiger partial charge in [0, 0.05) is 19.8 Å². The van der Waals surface area contributed by atoms with Crippen molar-refractivity contribution in [2.75, 3.05) is 19.8 Å². The Hall–Kier alpha value is -1.49. The van der Waals surface area contributed by atoms with Crippen molar-refractivity contribution in [2.24, 2.45) is 0 Å². The van der Waals surface area contributed by atoms with E-state index in [4.69, 9.17) is 9.15 Å². The second-order valence-electron chi connectivity index (χ2n) is 4.89. The lowest BCUT2D eigenvalue weighted by atomic mass is 10.2. The molecule has 5 heteroatoms. The average molecular weight is 282 g/mol. The van der Waals surface area contributed by atoms with Gasteiger partial charge in [0.2, 0.25) is 0 Å². The molecule has 5 nitrogen and oxygen atoms in total. The minimum Gasteiger partial charge on any atom is -0.464 e. The van der Waals surface area contributed by atoms with Crippen LogP contribution in [0.3, 0.4) is 0 Å². The van der Waals surface area contributed by atoms with Gasteiger partial charge in [-0.15, -0.1) is 0 Å². The van der Waals surface area contributed by atoms with Crippen molar-refractivity contribution < 1.29 is 13.9 Å². The molecule has 0 saturated heterocycles. The lowest BCUT2D eigenvalue weighted by Gasteiger charge is -2.12. The molecule has 0 fully saturated rings. The van der Waals surface area contributed by atoms with E-state index in [-0.39, 0.29) is 12.1 Å². The van der Waals surface area contributed by atoms with Gasteiger partial charge in [-0.1, -0.05) is 13.3 Å². The van der Waals surface area contributed by atoms with Crippen molar-refractivity contribution in [3.8, 4) is 0 Å². The Kier molecular flexibility index (Phi) is 7.80. The van der Waals surface area contributed by atoms with E-state index in [0.717, 1.165) is 37.4 Å². The average Bonchev–Trinajstić information content (AvgIpc) is 2.84. The van der Waals surface area contributed by atoms with Gasteiger partial charge in [0.25, 0.3) is 0 Å². The lowest BCUT2D eigenvalue weighted by molar-refractivity contribution is 0.129. The van der Waals surface area contributed by atoms with Crippen molar-refractivity contribution >= 4 is 6.03 Å². The van der Waals surface area contributed by atoms with Gasteiger partial charge in [0.15, 0.2) is 0 Å². The number of hydrogen-bond donors (Lipinski definition) is 2. The third-order valence-corrected chi connectivity index (χ3v) is 2.93. The molecule has 2 amide bonds. The lowest BCUT2D eigenvalue weighted by Crippen LogP contribution is -2.37. The van der Waals surface area contributed by atoms with Crippen molar-refractivity contribution in [1.82, 2.24) is 10.6 Å². The zero-order chi connectivity index (χ0) is 14.8. The molecule has 1 aromatic heterocycles. The largest absolute Gasteiger partial charge is 0.464 e. The normalized spacial score (nSPS) is 12.2. The molecule has 20 heavy (non-hydrogen) atoms. The maximum Gasteiger partial charge on any atom is 0.315 e. The molecule has 1 atom stereocenters. The van der Waals surface area contributed by atoms with E-state index in [2.05, 4.69) is 17.6 Å². The molecule has 1 heterocycles. The van der Waals surface area contributed by atoms with Gasteiger partial charge in [-0.25, -0.2) is 4.79 Å². The Morgan fingerprint density at radius 3 is 2.75 bits per heavy atom. The van der Waals surface area contributed by atoms with Gasteiger partial charge >= 0.3 is 6.03 Å². The van der Waals surface area contributed by atoms with E-state index in [1.165, 1.54) is 0 Å². The molecule has 0 bridgehead atoms. The highest BCUT2D eigenvalue weighted by molar-refractivity contribution is 5.74. The number of amides is 2. The van der Waals surface area contributed by atoms with E-state index < -0.39 is 0 Å². The Bertz CT molecular complexity index is 390. The molecule has 0 spiro atoms. The maximum absolute atomic E-state index is 11.7. The fraction of sp³-hybridized carbons (Fsp3) is 0.667. The highest BCUT2D eigenvalue weighted by Crippen LogP contribution is 2.14. The molecule has 0 aromatic carbocycles. The number of ether oxygens (including phenoxy) is 1. The zero-order valence-electron chi connectivity index (χ0n) is 12.7. The monoisotopic (exact) mass is 282 g/mol. The summed E-state index contributed by atoms with van der Waals surface area (Å²) in [6.45, 7) is 8.02. The van der Waals surface area contributed by atoms with E-state index in [1.54, 1.807) is 0 Å². The van der Waals surface area contributed by atoms with Crippen LogP contribution in [0.25, 0.3) is 0 Å². The first-order valence-corrected chi connectivity index (χ1v) is 7.32. The molecule has 114 valence electrons. The maximum atomic E-state index is 11.7. The van der Waals surface area contributed by atoms with E-state index in [9.17, 15) is 4.79 Å². The van der Waals surface area contributed by atoms with Gasteiger partial charge in [0.1, 0.15) is 11.5 Å². The van der Waals surface area contributed by atoms with Crippen LogP contribution in [-0.4, -0.2) is 25.8 Å². The minimum atomic E-state index is -0.180. The third-order valence-electron chi connectivity index (χ3n) is 2.93. The minimum absolute atomic E-state index is 0.135. The first kappa shape index (κ1) is 16.6. The summed E-state index contributed by atoms with van der Waals surface area (Å²) in [7, 11) is 0. The molecule has 1 aromatic rings. The molecule has 1 rings (SSSR count). The predicted octanol–water partition coefficient (Wildman–Crippen LogP) is 3.16. The van der Waals surface area contributed by atoms with Crippen LogP contribution in [-0.2, 0) is 4.74 Å². The van der Waals surface area contributed by atoms with Gasteiger partial charge in [-0.05, 0) is 38.8 Å². The summed E-state index contributed by atoms with van der Waals surface area (Å²) in [4.78, 5) is 11.7. The summed E-state index contributed by atoms with van der Waals surface area (Å²) < 4.78 is 10.9. The van der Waals surface area contributed by atoms with Gasteiger partial charge in [-0.3, -0.25) is 0 Å². The van der Waals surface area contributed by atoms with Crippen LogP contribution >= 0.6 is 0 Å². The van der Waals surface area contributed by atoms with Crippen LogP contribution in [0.5, 0.6) is 0 Å². The van der Waals surface area contributed by atoms with Crippen LogP contribution in [0.2, 0.25) is 0 Å². The van der Waals surface area contributed by atoms with E-state index in [0.29, 0.717) is 13.2 Å². The molecular formula is C15H26N2O3. The SMILES string of the molecule is CCCCOCCCNC(=O)NC(C)c1ccc(C)o1. The summed E-state index contributed by atoms with van der Waals surface area (Å²) in [5.41, 5.74) is 0. The zero-order valence-corrected chi connectivity index (χ0v) is 12.7. The number of nitrogens with one attached hydrogen (secondary N) is 2. The van der Waals surface area contributed by atoms with Crippen LogP contribution in [0.1, 0.15) is 50.7 Å². The summed E-state index contributed by atoms with van der Waals surface area (Å²) in [6.07, 6.45) is 3.06. The second-order valence-corrected chi connectivity index (χ2v) is 4.89. The highest BCUT2D eigenvalue weighted by Gasteiger charge is 2.11. The predicted molar refractivity (Wildman–Crippen MR) is 78.7 cm³/mol. The van der Waals surface area contributed by atoms with Crippen molar-refractivity contribution in [2.45, 2.75) is 46.1 Å². The van der Waals surface area contributed by atoms with Crippen molar-refractivity contribution in [3.63, 3.8) is 0 Å². The number of rotatable bonds is 9. The Labute approximate surface area is 121 Å². The van der Waals surface area contributed by atoms with Gasteiger partial charge < -0.3 is 19.8 Å². The summed E-state index contributed by atoms with van der Waals surface area (Å²) >= 11 is 0. The molecule has 0 saturated carbocycles. The summed E-state index contributed by atoms with van der Waals surface area (Å²) in [6, 6.07) is 3.45.